The van der Waals surface area contributed by atoms with Crippen molar-refractivity contribution in [2.75, 3.05) is 19.6 Å². The van der Waals surface area contributed by atoms with E-state index in [9.17, 15) is 16.9 Å². The Morgan fingerprint density at radius 1 is 0.704 bits per heavy atom. The third kappa shape index (κ3) is 28.7. The minimum atomic E-state index is -11.2. The van der Waals surface area contributed by atoms with Gasteiger partial charge in [-0.1, -0.05) is 78.1 Å². The van der Waals surface area contributed by atoms with Crippen LogP contribution in [0.25, 0.3) is 0 Å². The number of hydrogen-bond acceptors (Lipinski definition) is 0. The fraction of sp³-hybridized carbons (Fsp3) is 1.00. The molecule has 1 heterocycles. The standard InChI is InChI=1S/C19H39N.6FH.Sb/c1-3-4-5-6-7-8-9-10-11-12-13-14-16-20-17-15-19(2)18-20;;;;;;;/h19H,3-18H2,1-2H3;6*1H;/q;;;;;;;+5/p-5. The van der Waals surface area contributed by atoms with Gasteiger partial charge >= 0.3 is 36.4 Å². The summed E-state index contributed by atoms with van der Waals surface area (Å²) < 4.78 is 59.6. The molecule has 0 aromatic carbocycles. The van der Waals surface area contributed by atoms with Gasteiger partial charge in [-0.25, -0.2) is 0 Å². The molecule has 8 heteroatoms. The molecule has 27 heavy (non-hydrogen) atoms. The molecule has 0 aromatic heterocycles. The van der Waals surface area contributed by atoms with E-state index < -0.39 is 19.5 Å². The SMILES string of the molecule is CCCCCCCCCCCCCC[NH+]1CCC(C)C1.[F][Sb-]([F])([F])([F])([F])[F]. The predicted molar refractivity (Wildman–Crippen MR) is 103 cm³/mol. The first-order chi connectivity index (χ1) is 12.3. The van der Waals surface area contributed by atoms with Gasteiger partial charge in [-0.05, 0) is 12.8 Å². The molecule has 1 N–H and O–H groups in total. The van der Waals surface area contributed by atoms with Gasteiger partial charge in [-0.2, -0.15) is 0 Å². The summed E-state index contributed by atoms with van der Waals surface area (Å²) in [6.45, 7) is 9.04. The number of quaternary nitrogens is 1. The average Bonchev–Trinajstić information content (AvgIpc) is 2.91. The molecular weight excluding hydrogens is 478 g/mol. The van der Waals surface area contributed by atoms with Crippen molar-refractivity contribution < 1.29 is 21.8 Å². The Labute approximate surface area is 164 Å². The van der Waals surface area contributed by atoms with E-state index >= 15 is 0 Å². The summed E-state index contributed by atoms with van der Waals surface area (Å²) in [5, 5.41) is 0. The molecule has 0 spiro atoms. The molecule has 0 aliphatic carbocycles. The number of rotatable bonds is 13. The summed E-state index contributed by atoms with van der Waals surface area (Å²) in [5.74, 6) is 0.988. The first-order valence-corrected chi connectivity index (χ1v) is 16.5. The summed E-state index contributed by atoms with van der Waals surface area (Å²) >= 11 is -11.2. The number of halogens is 6. The number of likely N-dealkylation sites (tertiary alicyclic amines) is 1. The number of nitrogens with one attached hydrogen (secondary N) is 1. The molecule has 0 aromatic rings. The molecule has 0 amide bonds. The molecule has 0 radical (unpaired) electrons. The number of hydrogen-bond donors (Lipinski definition) is 1. The Bertz CT molecular complexity index is 359. The summed E-state index contributed by atoms with van der Waals surface area (Å²) in [6, 6.07) is 0. The van der Waals surface area contributed by atoms with Gasteiger partial charge in [0.25, 0.3) is 0 Å². The zero-order valence-corrected chi connectivity index (χ0v) is 19.7. The van der Waals surface area contributed by atoms with E-state index in [1.807, 2.05) is 4.90 Å². The van der Waals surface area contributed by atoms with Crippen molar-refractivity contribution in [3.63, 3.8) is 0 Å². The van der Waals surface area contributed by atoms with E-state index in [0.717, 1.165) is 5.92 Å². The van der Waals surface area contributed by atoms with Crippen LogP contribution in [0.5, 0.6) is 0 Å². The number of unbranched alkanes of at least 4 members (excludes halogenated alkanes) is 11. The van der Waals surface area contributed by atoms with Crippen LogP contribution >= 0.6 is 0 Å². The van der Waals surface area contributed by atoms with E-state index in [1.54, 1.807) is 0 Å². The van der Waals surface area contributed by atoms with Crippen molar-refractivity contribution in [3.8, 4) is 0 Å². The van der Waals surface area contributed by atoms with Crippen molar-refractivity contribution >= 4 is 19.5 Å². The zero-order valence-electron chi connectivity index (χ0n) is 17.1. The summed E-state index contributed by atoms with van der Waals surface area (Å²) in [5.41, 5.74) is 0. The topological polar surface area (TPSA) is 4.44 Å². The zero-order chi connectivity index (χ0) is 20.9. The van der Waals surface area contributed by atoms with E-state index in [1.165, 1.54) is 103 Å². The van der Waals surface area contributed by atoms with Gasteiger partial charge < -0.3 is 4.90 Å². The maximum atomic E-state index is 9.93. The van der Waals surface area contributed by atoms with Crippen LogP contribution in [0.4, 0.5) is 16.9 Å². The first-order valence-electron chi connectivity index (χ1n) is 10.7. The Morgan fingerprint density at radius 2 is 1.07 bits per heavy atom. The van der Waals surface area contributed by atoms with Gasteiger partial charge in [0, 0.05) is 12.3 Å². The first kappa shape index (κ1) is 27.4. The minimum absolute atomic E-state index is 0.988. The van der Waals surface area contributed by atoms with Crippen molar-refractivity contribution in [2.45, 2.75) is 97.3 Å². The Balaban J connectivity index is 0.000000821. The summed E-state index contributed by atoms with van der Waals surface area (Å²) in [7, 11) is 0. The van der Waals surface area contributed by atoms with Crippen molar-refractivity contribution in [2.24, 2.45) is 5.92 Å². The molecule has 2 unspecified atom stereocenters. The van der Waals surface area contributed by atoms with Gasteiger partial charge in [0.05, 0.1) is 19.6 Å². The van der Waals surface area contributed by atoms with Gasteiger partial charge in [-0.15, -0.1) is 0 Å². The molecule has 1 fully saturated rings. The predicted octanol–water partition coefficient (Wildman–Crippen LogP) is 6.75. The summed E-state index contributed by atoms with van der Waals surface area (Å²) in [4.78, 5) is 1.88. The molecule has 1 saturated heterocycles. The van der Waals surface area contributed by atoms with Crippen molar-refractivity contribution in [1.29, 1.82) is 0 Å². The Kier molecular flexibility index (Phi) is 12.3. The van der Waals surface area contributed by atoms with Crippen LogP contribution in [0.3, 0.4) is 0 Å². The second-order valence-electron chi connectivity index (χ2n) is 8.20. The Hall–Kier alpha value is 0.358. The monoisotopic (exact) mass is 517 g/mol. The molecule has 1 rings (SSSR count). The fourth-order valence-corrected chi connectivity index (χ4v) is 3.59. The van der Waals surface area contributed by atoms with Crippen LogP contribution in [0.1, 0.15) is 97.3 Å². The van der Waals surface area contributed by atoms with Gasteiger partial charge in [-0.3, -0.25) is 0 Å². The third-order valence-corrected chi connectivity index (χ3v) is 5.01. The van der Waals surface area contributed by atoms with Gasteiger partial charge in [0.1, 0.15) is 0 Å². The molecule has 2 atom stereocenters. The maximum absolute atomic E-state index is 11.2. The molecular formula is C19H40F6NSb. The van der Waals surface area contributed by atoms with Crippen LogP contribution < -0.4 is 4.90 Å². The summed E-state index contributed by atoms with van der Waals surface area (Å²) in [6.07, 6.45) is 19.1. The molecule has 1 aliphatic rings. The fourth-order valence-electron chi connectivity index (χ4n) is 3.59. The van der Waals surface area contributed by atoms with Crippen molar-refractivity contribution in [3.05, 3.63) is 0 Å². The molecule has 0 bridgehead atoms. The van der Waals surface area contributed by atoms with Crippen LogP contribution in [-0.4, -0.2) is 39.1 Å². The quantitative estimate of drug-likeness (QED) is 0.156. The van der Waals surface area contributed by atoms with E-state index in [-0.39, 0.29) is 0 Å². The average molecular weight is 518 g/mol. The van der Waals surface area contributed by atoms with E-state index in [4.69, 9.17) is 0 Å². The van der Waals surface area contributed by atoms with Crippen LogP contribution in [-0.2, 0) is 0 Å². The van der Waals surface area contributed by atoms with E-state index in [0.29, 0.717) is 0 Å². The van der Waals surface area contributed by atoms with Crippen LogP contribution in [0.15, 0.2) is 0 Å². The van der Waals surface area contributed by atoms with Crippen molar-refractivity contribution in [1.82, 2.24) is 0 Å². The van der Waals surface area contributed by atoms with Crippen LogP contribution in [0.2, 0.25) is 0 Å². The Morgan fingerprint density at radius 3 is 1.41 bits per heavy atom. The molecule has 0 saturated carbocycles. The van der Waals surface area contributed by atoms with Gasteiger partial charge in [0.2, 0.25) is 0 Å². The normalized spacial score (nSPS) is 22.7. The molecule has 168 valence electrons. The second-order valence-corrected chi connectivity index (χ2v) is 13.7. The van der Waals surface area contributed by atoms with E-state index in [2.05, 4.69) is 13.8 Å². The molecule has 1 aliphatic heterocycles. The second kappa shape index (κ2) is 12.1. The van der Waals surface area contributed by atoms with Gasteiger partial charge in [0.15, 0.2) is 0 Å². The third-order valence-electron chi connectivity index (χ3n) is 5.01. The van der Waals surface area contributed by atoms with Crippen LogP contribution in [0, 0.1) is 5.92 Å². The molecule has 1 nitrogen and oxygen atoms in total.